The molecule has 32 heavy (non-hydrogen) atoms. The number of hydrogen-bond donors (Lipinski definition) is 2. The summed E-state index contributed by atoms with van der Waals surface area (Å²) >= 11 is 0. The number of amides is 2. The standard InChI is InChI=1S/C23H25F3N4O2/c24-23(25,26)15-6-10-27-20(12-15)30-11-7-16(14-30)28-21(31)29-18-13-22(8-3-9-22)32-19-5-2-1-4-17(18)19/h1-2,4-6,10,12,16,18H,3,7-9,11,13-14H2,(H2,28,29,31)/t16-,18-/m0/s1. The van der Waals surface area contributed by atoms with Crippen molar-refractivity contribution in [1.82, 2.24) is 15.6 Å². The molecule has 2 atom stereocenters. The van der Waals surface area contributed by atoms with Gasteiger partial charge in [0.25, 0.3) is 0 Å². The zero-order chi connectivity index (χ0) is 22.3. The van der Waals surface area contributed by atoms with Crippen molar-refractivity contribution in [3.05, 3.63) is 53.7 Å². The molecule has 1 aromatic heterocycles. The summed E-state index contributed by atoms with van der Waals surface area (Å²) in [5.74, 6) is 1.10. The van der Waals surface area contributed by atoms with Crippen molar-refractivity contribution in [3.8, 4) is 5.75 Å². The van der Waals surface area contributed by atoms with Gasteiger partial charge in [-0.25, -0.2) is 9.78 Å². The monoisotopic (exact) mass is 446 g/mol. The lowest BCUT2D eigenvalue weighted by Gasteiger charge is -2.48. The highest BCUT2D eigenvalue weighted by atomic mass is 19.4. The summed E-state index contributed by atoms with van der Waals surface area (Å²) in [6.45, 7) is 0.943. The van der Waals surface area contributed by atoms with Gasteiger partial charge in [-0.15, -0.1) is 0 Å². The van der Waals surface area contributed by atoms with Crippen LogP contribution in [0.2, 0.25) is 0 Å². The predicted molar refractivity (Wildman–Crippen MR) is 113 cm³/mol. The number of carbonyl (C=O) groups is 1. The average Bonchev–Trinajstić information content (AvgIpc) is 3.20. The van der Waals surface area contributed by atoms with Crippen molar-refractivity contribution in [2.75, 3.05) is 18.0 Å². The van der Waals surface area contributed by atoms with E-state index in [2.05, 4.69) is 15.6 Å². The number of aromatic nitrogens is 1. The van der Waals surface area contributed by atoms with Gasteiger partial charge in [0.2, 0.25) is 0 Å². The molecule has 0 radical (unpaired) electrons. The van der Waals surface area contributed by atoms with Crippen LogP contribution >= 0.6 is 0 Å². The molecule has 2 N–H and O–H groups in total. The third kappa shape index (κ3) is 4.08. The molecule has 2 amide bonds. The molecule has 0 bridgehead atoms. The number of pyridine rings is 1. The van der Waals surface area contributed by atoms with Gasteiger partial charge in [0.05, 0.1) is 11.6 Å². The Kier molecular flexibility index (Phi) is 5.14. The maximum absolute atomic E-state index is 13.0. The Balaban J connectivity index is 1.21. The third-order valence-electron chi connectivity index (χ3n) is 6.69. The topological polar surface area (TPSA) is 66.5 Å². The molecule has 1 aromatic carbocycles. The van der Waals surface area contributed by atoms with Crippen molar-refractivity contribution < 1.29 is 22.7 Å². The second kappa shape index (κ2) is 7.86. The lowest BCUT2D eigenvalue weighted by Crippen LogP contribution is -2.52. The van der Waals surface area contributed by atoms with Gasteiger partial charge in [-0.1, -0.05) is 18.2 Å². The number of nitrogens with zero attached hydrogens (tertiary/aromatic N) is 2. The predicted octanol–water partition coefficient (Wildman–Crippen LogP) is 4.42. The van der Waals surface area contributed by atoms with Crippen molar-refractivity contribution in [2.24, 2.45) is 0 Å². The van der Waals surface area contributed by atoms with E-state index in [0.29, 0.717) is 19.5 Å². The Morgan fingerprint density at radius 3 is 2.75 bits per heavy atom. The Bertz CT molecular complexity index is 1010. The first-order valence-corrected chi connectivity index (χ1v) is 10.9. The van der Waals surface area contributed by atoms with Crippen LogP contribution in [-0.2, 0) is 6.18 Å². The highest BCUT2D eigenvalue weighted by molar-refractivity contribution is 5.75. The fourth-order valence-electron chi connectivity index (χ4n) is 4.86. The SMILES string of the molecule is O=C(N[C@H]1CCN(c2cc(C(F)(F)F)ccn2)C1)N[C@H]1CC2(CCC2)Oc2ccccc21. The van der Waals surface area contributed by atoms with Crippen molar-refractivity contribution in [1.29, 1.82) is 0 Å². The Hall–Kier alpha value is -2.97. The number of nitrogens with one attached hydrogen (secondary N) is 2. The van der Waals surface area contributed by atoms with Crippen LogP contribution in [0.4, 0.5) is 23.8 Å². The zero-order valence-electron chi connectivity index (χ0n) is 17.5. The number of urea groups is 1. The van der Waals surface area contributed by atoms with Crippen LogP contribution in [0.5, 0.6) is 5.75 Å². The lowest BCUT2D eigenvalue weighted by molar-refractivity contribution is -0.137. The highest BCUT2D eigenvalue weighted by Gasteiger charge is 2.46. The number of ether oxygens (including phenoxy) is 1. The van der Waals surface area contributed by atoms with Gasteiger partial charge in [0.15, 0.2) is 0 Å². The molecule has 2 aliphatic heterocycles. The molecule has 0 unspecified atom stereocenters. The molecular formula is C23H25F3N4O2. The molecule has 3 heterocycles. The van der Waals surface area contributed by atoms with Gasteiger partial charge in [-0.2, -0.15) is 13.2 Å². The minimum Gasteiger partial charge on any atom is -0.487 e. The van der Waals surface area contributed by atoms with Crippen LogP contribution in [0.25, 0.3) is 0 Å². The van der Waals surface area contributed by atoms with E-state index in [4.69, 9.17) is 4.74 Å². The largest absolute Gasteiger partial charge is 0.487 e. The molecule has 2 aromatic rings. The minimum atomic E-state index is -4.41. The fourth-order valence-corrected chi connectivity index (χ4v) is 4.86. The molecular weight excluding hydrogens is 421 g/mol. The first-order chi connectivity index (χ1) is 15.3. The third-order valence-corrected chi connectivity index (χ3v) is 6.69. The zero-order valence-corrected chi connectivity index (χ0v) is 17.5. The van der Waals surface area contributed by atoms with E-state index in [9.17, 15) is 18.0 Å². The molecule has 170 valence electrons. The summed E-state index contributed by atoms with van der Waals surface area (Å²) < 4.78 is 45.2. The van der Waals surface area contributed by atoms with E-state index in [1.165, 1.54) is 6.20 Å². The van der Waals surface area contributed by atoms with Crippen LogP contribution in [-0.4, -0.2) is 35.7 Å². The molecule has 1 saturated heterocycles. The van der Waals surface area contributed by atoms with E-state index in [-0.39, 0.29) is 29.5 Å². The van der Waals surface area contributed by atoms with E-state index in [0.717, 1.165) is 49.1 Å². The molecule has 1 spiro atoms. The van der Waals surface area contributed by atoms with Crippen molar-refractivity contribution >= 4 is 11.8 Å². The maximum Gasteiger partial charge on any atom is 0.416 e. The quantitative estimate of drug-likeness (QED) is 0.732. The molecule has 2 fully saturated rings. The Morgan fingerprint density at radius 1 is 1.19 bits per heavy atom. The number of para-hydroxylation sites is 1. The summed E-state index contributed by atoms with van der Waals surface area (Å²) in [5.41, 5.74) is 0.0622. The normalized spacial score (nSPS) is 23.8. The molecule has 6 nitrogen and oxygen atoms in total. The smallest absolute Gasteiger partial charge is 0.416 e. The van der Waals surface area contributed by atoms with Crippen molar-refractivity contribution in [2.45, 2.75) is 56.0 Å². The second-order valence-electron chi connectivity index (χ2n) is 8.88. The molecule has 1 saturated carbocycles. The second-order valence-corrected chi connectivity index (χ2v) is 8.88. The lowest BCUT2D eigenvalue weighted by atomic mass is 9.73. The molecule has 9 heteroatoms. The maximum atomic E-state index is 13.0. The number of fused-ring (bicyclic) bond motifs is 1. The van der Waals surface area contributed by atoms with Crippen LogP contribution in [0.1, 0.15) is 49.3 Å². The fraction of sp³-hybridized carbons (Fsp3) is 0.478. The van der Waals surface area contributed by atoms with Gasteiger partial charge in [-0.3, -0.25) is 0 Å². The van der Waals surface area contributed by atoms with Crippen molar-refractivity contribution in [3.63, 3.8) is 0 Å². The number of hydrogen-bond acceptors (Lipinski definition) is 4. The number of carbonyl (C=O) groups excluding carboxylic acids is 1. The highest BCUT2D eigenvalue weighted by Crippen LogP contribution is 2.48. The number of halogens is 3. The summed E-state index contributed by atoms with van der Waals surface area (Å²) in [6, 6.07) is 9.23. The van der Waals surface area contributed by atoms with E-state index in [1.807, 2.05) is 24.3 Å². The number of benzene rings is 1. The number of alkyl halides is 3. The summed E-state index contributed by atoms with van der Waals surface area (Å²) in [4.78, 5) is 18.6. The molecule has 1 aliphatic carbocycles. The number of rotatable bonds is 3. The van der Waals surface area contributed by atoms with E-state index in [1.54, 1.807) is 4.90 Å². The van der Waals surface area contributed by atoms with Crippen LogP contribution in [0.3, 0.4) is 0 Å². The van der Waals surface area contributed by atoms with E-state index >= 15 is 0 Å². The first-order valence-electron chi connectivity index (χ1n) is 10.9. The summed E-state index contributed by atoms with van der Waals surface area (Å²) in [5, 5.41) is 6.08. The Labute approximate surface area is 184 Å². The Morgan fingerprint density at radius 2 is 2.00 bits per heavy atom. The van der Waals surface area contributed by atoms with Crippen LogP contribution in [0.15, 0.2) is 42.6 Å². The van der Waals surface area contributed by atoms with Gasteiger partial charge < -0.3 is 20.3 Å². The van der Waals surface area contributed by atoms with Crippen LogP contribution in [0, 0.1) is 0 Å². The number of anilines is 1. The van der Waals surface area contributed by atoms with Gasteiger partial charge >= 0.3 is 12.2 Å². The summed E-state index contributed by atoms with van der Waals surface area (Å²) in [7, 11) is 0. The van der Waals surface area contributed by atoms with Crippen LogP contribution < -0.4 is 20.3 Å². The van der Waals surface area contributed by atoms with Gasteiger partial charge in [0.1, 0.15) is 17.2 Å². The minimum absolute atomic E-state index is 0.136. The molecule has 5 rings (SSSR count). The summed E-state index contributed by atoms with van der Waals surface area (Å²) in [6.07, 6.45) is 1.24. The van der Waals surface area contributed by atoms with Gasteiger partial charge in [0, 0.05) is 37.3 Å². The first kappa shape index (κ1) is 20.9. The van der Waals surface area contributed by atoms with E-state index < -0.39 is 11.7 Å². The average molecular weight is 446 g/mol. The van der Waals surface area contributed by atoms with Gasteiger partial charge in [-0.05, 0) is 43.9 Å². The molecule has 3 aliphatic rings.